The molecule has 3 nitrogen and oxygen atoms in total. The van der Waals surface area contributed by atoms with Crippen molar-refractivity contribution in [2.75, 3.05) is 25.0 Å². The van der Waals surface area contributed by atoms with Crippen LogP contribution in [0.1, 0.15) is 12.8 Å². The molecule has 1 N–H and O–H groups in total. The van der Waals surface area contributed by atoms with Gasteiger partial charge in [0.05, 0.1) is 17.6 Å². The summed E-state index contributed by atoms with van der Waals surface area (Å²) in [5, 5.41) is 3.81. The summed E-state index contributed by atoms with van der Waals surface area (Å²) in [6, 6.07) is 15.4. The molecule has 0 amide bonds. The Morgan fingerprint density at radius 1 is 0.913 bits per heavy atom. The van der Waals surface area contributed by atoms with Crippen molar-refractivity contribution in [3.8, 4) is 11.3 Å². The second kappa shape index (κ2) is 5.34. The zero-order valence-electron chi connectivity index (χ0n) is 13.4. The Bertz CT molecular complexity index is 652. The van der Waals surface area contributed by atoms with Crippen LogP contribution >= 0.6 is 0 Å². The Morgan fingerprint density at radius 3 is 2.35 bits per heavy atom. The molecule has 4 heterocycles. The van der Waals surface area contributed by atoms with Crippen molar-refractivity contribution in [2.45, 2.75) is 18.9 Å². The summed E-state index contributed by atoms with van der Waals surface area (Å²) in [4.78, 5) is 7.34. The first kappa shape index (κ1) is 13.6. The number of anilines is 1. The van der Waals surface area contributed by atoms with E-state index in [1.54, 1.807) is 0 Å². The Balaban J connectivity index is 1.33. The van der Waals surface area contributed by atoms with Gasteiger partial charge in [-0.15, -0.1) is 0 Å². The largest absolute Gasteiger partial charge is 0.380 e. The van der Waals surface area contributed by atoms with E-state index in [0.29, 0.717) is 6.04 Å². The third-order valence-electron chi connectivity index (χ3n) is 5.96. The summed E-state index contributed by atoms with van der Waals surface area (Å²) in [5.41, 5.74) is 3.41. The first-order valence-corrected chi connectivity index (χ1v) is 8.85. The van der Waals surface area contributed by atoms with Crippen molar-refractivity contribution in [1.29, 1.82) is 0 Å². The van der Waals surface area contributed by atoms with Crippen molar-refractivity contribution in [3.05, 3.63) is 48.7 Å². The average Bonchev–Trinajstić information content (AvgIpc) is 2.59. The van der Waals surface area contributed by atoms with Crippen LogP contribution in [0.3, 0.4) is 0 Å². The van der Waals surface area contributed by atoms with E-state index in [4.69, 9.17) is 0 Å². The Labute approximate surface area is 137 Å². The first-order chi connectivity index (χ1) is 11.3. The van der Waals surface area contributed by atoms with Crippen molar-refractivity contribution in [2.24, 2.45) is 17.8 Å². The number of aromatic nitrogens is 1. The highest BCUT2D eigenvalue weighted by Crippen LogP contribution is 2.44. The number of piperidine rings is 3. The molecule has 3 saturated heterocycles. The maximum Gasteiger partial charge on any atom is 0.0703 e. The molecule has 4 bridgehead atoms. The van der Waals surface area contributed by atoms with Gasteiger partial charge in [0.25, 0.3) is 0 Å². The van der Waals surface area contributed by atoms with Gasteiger partial charge in [-0.05, 0) is 42.7 Å². The normalized spacial score (nSPS) is 34.5. The van der Waals surface area contributed by atoms with Gasteiger partial charge in [-0.2, -0.15) is 0 Å². The van der Waals surface area contributed by atoms with E-state index in [0.717, 1.165) is 23.4 Å². The lowest BCUT2D eigenvalue weighted by Crippen LogP contribution is -2.62. The summed E-state index contributed by atoms with van der Waals surface area (Å²) in [7, 11) is 0. The lowest BCUT2D eigenvalue weighted by molar-refractivity contribution is -0.0269. The van der Waals surface area contributed by atoms with Crippen LogP contribution in [0.4, 0.5) is 5.69 Å². The molecular weight excluding hydrogens is 282 g/mol. The molecule has 118 valence electrons. The fourth-order valence-corrected chi connectivity index (χ4v) is 5.10. The van der Waals surface area contributed by atoms with Gasteiger partial charge in [-0.3, -0.25) is 4.98 Å². The molecule has 2 atom stereocenters. The van der Waals surface area contributed by atoms with E-state index in [1.807, 2.05) is 12.3 Å². The van der Waals surface area contributed by atoms with Gasteiger partial charge in [0.2, 0.25) is 0 Å². The maximum atomic E-state index is 4.66. The number of nitrogens with one attached hydrogen (secondary N) is 1. The molecule has 2 aromatic rings. The average molecular weight is 305 g/mol. The Hall–Kier alpha value is -1.87. The highest BCUT2D eigenvalue weighted by molar-refractivity contribution is 5.61. The monoisotopic (exact) mass is 305 g/mol. The van der Waals surface area contributed by atoms with E-state index in [2.05, 4.69) is 51.6 Å². The summed E-state index contributed by atoms with van der Waals surface area (Å²) in [6.07, 6.45) is 4.84. The summed E-state index contributed by atoms with van der Waals surface area (Å²) < 4.78 is 0. The molecule has 0 spiro atoms. The second-order valence-electron chi connectivity index (χ2n) is 7.54. The molecule has 1 saturated carbocycles. The lowest BCUT2D eigenvalue weighted by Gasteiger charge is -2.56. The summed E-state index contributed by atoms with van der Waals surface area (Å²) >= 11 is 0. The maximum absolute atomic E-state index is 4.66. The lowest BCUT2D eigenvalue weighted by atomic mass is 9.65. The van der Waals surface area contributed by atoms with Crippen LogP contribution in [0.2, 0.25) is 0 Å². The highest BCUT2D eigenvalue weighted by atomic mass is 15.2. The molecule has 1 aromatic heterocycles. The van der Waals surface area contributed by atoms with Crippen LogP contribution in [-0.4, -0.2) is 35.6 Å². The molecule has 0 unspecified atom stereocenters. The van der Waals surface area contributed by atoms with Gasteiger partial charge < -0.3 is 10.2 Å². The predicted molar refractivity (Wildman–Crippen MR) is 93.2 cm³/mol. The van der Waals surface area contributed by atoms with Gasteiger partial charge in [-0.1, -0.05) is 30.3 Å². The van der Waals surface area contributed by atoms with E-state index < -0.39 is 0 Å². The molecule has 6 rings (SSSR count). The van der Waals surface area contributed by atoms with E-state index >= 15 is 0 Å². The van der Waals surface area contributed by atoms with Crippen molar-refractivity contribution < 1.29 is 0 Å². The number of rotatable bonds is 3. The third kappa shape index (κ3) is 2.43. The van der Waals surface area contributed by atoms with Gasteiger partial charge in [0.15, 0.2) is 0 Å². The van der Waals surface area contributed by atoms with Crippen molar-refractivity contribution in [1.82, 2.24) is 9.88 Å². The highest BCUT2D eigenvalue weighted by Gasteiger charge is 2.47. The molecular formula is C20H23N3. The number of benzene rings is 1. The molecule has 3 heteroatoms. The molecule has 1 aliphatic carbocycles. The van der Waals surface area contributed by atoms with Crippen LogP contribution in [-0.2, 0) is 0 Å². The molecule has 4 fully saturated rings. The number of hydrogen-bond donors (Lipinski definition) is 1. The molecule has 1 aromatic carbocycles. The quantitative estimate of drug-likeness (QED) is 0.940. The van der Waals surface area contributed by atoms with Crippen LogP contribution in [0.15, 0.2) is 48.7 Å². The SMILES string of the molecule is c1ccc(-c2ccc(NC3[C@H]4CC5C[C@H]3CN(C5)C4)cn2)cc1. The van der Waals surface area contributed by atoms with Crippen molar-refractivity contribution in [3.63, 3.8) is 0 Å². The standard InChI is InChI=1S/C20H23N3/c1-2-4-15(5-3-1)19-7-6-18(10-21-19)22-20-16-8-14-9-17(20)13-23(11-14)12-16/h1-7,10,14,16-17,20,22H,8-9,11-13H2/t14?,16-,17-,20?/m0/s1. The van der Waals surface area contributed by atoms with Crippen LogP contribution < -0.4 is 5.32 Å². The van der Waals surface area contributed by atoms with Gasteiger partial charge in [-0.25, -0.2) is 0 Å². The van der Waals surface area contributed by atoms with E-state index in [-0.39, 0.29) is 0 Å². The Kier molecular flexibility index (Phi) is 3.15. The molecule has 4 aliphatic rings. The predicted octanol–water partition coefficient (Wildman–Crippen LogP) is 3.50. The van der Waals surface area contributed by atoms with Crippen LogP contribution in [0.5, 0.6) is 0 Å². The topological polar surface area (TPSA) is 28.2 Å². The number of nitrogens with zero attached hydrogens (tertiary/aromatic N) is 2. The van der Waals surface area contributed by atoms with Crippen LogP contribution in [0.25, 0.3) is 11.3 Å². The number of hydrogen-bond acceptors (Lipinski definition) is 3. The van der Waals surface area contributed by atoms with E-state index in [1.165, 1.54) is 43.7 Å². The molecule has 23 heavy (non-hydrogen) atoms. The minimum Gasteiger partial charge on any atom is -0.380 e. The first-order valence-electron chi connectivity index (χ1n) is 8.85. The smallest absolute Gasteiger partial charge is 0.0703 e. The minimum absolute atomic E-state index is 0.646. The molecule has 3 aliphatic heterocycles. The van der Waals surface area contributed by atoms with Gasteiger partial charge in [0.1, 0.15) is 0 Å². The number of pyridine rings is 1. The fraction of sp³-hybridized carbons (Fsp3) is 0.450. The second-order valence-corrected chi connectivity index (χ2v) is 7.54. The van der Waals surface area contributed by atoms with Crippen LogP contribution in [0, 0.1) is 17.8 Å². The third-order valence-corrected chi connectivity index (χ3v) is 5.96. The van der Waals surface area contributed by atoms with E-state index in [9.17, 15) is 0 Å². The summed E-state index contributed by atoms with van der Waals surface area (Å²) in [5.74, 6) is 2.62. The minimum atomic E-state index is 0.646. The Morgan fingerprint density at radius 2 is 1.70 bits per heavy atom. The zero-order chi connectivity index (χ0) is 15.2. The fourth-order valence-electron chi connectivity index (χ4n) is 5.10. The molecule has 0 radical (unpaired) electrons. The zero-order valence-corrected chi connectivity index (χ0v) is 13.4. The van der Waals surface area contributed by atoms with Gasteiger partial charge >= 0.3 is 0 Å². The van der Waals surface area contributed by atoms with Crippen molar-refractivity contribution >= 4 is 5.69 Å². The van der Waals surface area contributed by atoms with Gasteiger partial charge in [0, 0.05) is 31.2 Å². The summed E-state index contributed by atoms with van der Waals surface area (Å²) in [6.45, 7) is 3.94.